The van der Waals surface area contributed by atoms with Gasteiger partial charge in [-0.3, -0.25) is 9.39 Å². The Morgan fingerprint density at radius 3 is 3.04 bits per heavy atom. The fourth-order valence-electron chi connectivity index (χ4n) is 2.63. The molecule has 2 aromatic heterocycles. The minimum absolute atomic E-state index is 0. The van der Waals surface area contributed by atoms with Gasteiger partial charge in [-0.05, 0) is 5.92 Å². The number of aromatic nitrogens is 2. The third kappa shape index (κ3) is 4.54. The molecule has 0 aromatic carbocycles. The number of thioether (sulfide) groups is 1. The Labute approximate surface area is 163 Å². The van der Waals surface area contributed by atoms with E-state index in [2.05, 4.69) is 61.8 Å². The van der Waals surface area contributed by atoms with E-state index < -0.39 is 0 Å². The van der Waals surface area contributed by atoms with Gasteiger partial charge in [0, 0.05) is 48.9 Å². The van der Waals surface area contributed by atoms with Gasteiger partial charge in [0.1, 0.15) is 0 Å². The van der Waals surface area contributed by atoms with Crippen LogP contribution in [0.1, 0.15) is 19.5 Å². The van der Waals surface area contributed by atoms with Gasteiger partial charge in [0.25, 0.3) is 0 Å². The fourth-order valence-corrected chi connectivity index (χ4v) is 4.65. The number of imidazole rings is 1. The molecule has 0 bridgehead atoms. The summed E-state index contributed by atoms with van der Waals surface area (Å²) in [6.45, 7) is 7.45. The Morgan fingerprint density at radius 1 is 1.52 bits per heavy atom. The van der Waals surface area contributed by atoms with E-state index in [0.717, 1.165) is 36.2 Å². The summed E-state index contributed by atoms with van der Waals surface area (Å²) in [4.78, 5) is 12.5. The number of hydrogen-bond donors (Lipinski definition) is 1. The van der Waals surface area contributed by atoms with Crippen molar-refractivity contribution in [3.63, 3.8) is 0 Å². The molecule has 3 heterocycles. The number of halogens is 1. The number of nitrogens with one attached hydrogen (secondary N) is 1. The molecule has 0 amide bonds. The number of fused-ring (bicyclic) bond motifs is 1. The van der Waals surface area contributed by atoms with Gasteiger partial charge in [-0.25, -0.2) is 4.98 Å². The Balaban J connectivity index is 0.00000192. The van der Waals surface area contributed by atoms with Crippen molar-refractivity contribution in [2.24, 2.45) is 10.9 Å². The van der Waals surface area contributed by atoms with Crippen molar-refractivity contribution in [3.05, 3.63) is 23.5 Å². The molecule has 1 unspecified atom stereocenters. The third-order valence-electron chi connectivity index (χ3n) is 3.92. The molecule has 128 valence electrons. The maximum atomic E-state index is 4.61. The lowest BCUT2D eigenvalue weighted by Crippen LogP contribution is -2.48. The fraction of sp³-hybridized carbons (Fsp3) is 0.600. The SMILES string of the molecule is CN=C(NCc1cn2ccsc2n1)N1CCSC(C(C)C)C1.I. The Bertz CT molecular complexity index is 623. The summed E-state index contributed by atoms with van der Waals surface area (Å²) in [7, 11) is 1.86. The molecule has 1 fully saturated rings. The van der Waals surface area contributed by atoms with E-state index in [9.17, 15) is 0 Å². The highest BCUT2D eigenvalue weighted by Crippen LogP contribution is 2.24. The highest BCUT2D eigenvalue weighted by atomic mass is 127. The zero-order valence-electron chi connectivity index (χ0n) is 13.7. The maximum absolute atomic E-state index is 4.61. The average molecular weight is 465 g/mol. The molecule has 1 N–H and O–H groups in total. The van der Waals surface area contributed by atoms with Crippen LogP contribution in [0.4, 0.5) is 0 Å². The van der Waals surface area contributed by atoms with Crippen LogP contribution >= 0.6 is 47.1 Å². The second-order valence-corrected chi connectivity index (χ2v) is 8.05. The standard InChI is InChI=1S/C15H23N5S2.HI/c1-11(2)13-10-19(4-6-21-13)14(16-3)17-8-12-9-20-5-7-22-15(20)18-12;/h5,7,9,11,13H,4,6,8,10H2,1-3H3,(H,16,17);1H. The second-order valence-electron chi connectivity index (χ2n) is 5.83. The largest absolute Gasteiger partial charge is 0.351 e. The van der Waals surface area contributed by atoms with Crippen LogP contribution in [0.3, 0.4) is 0 Å². The minimum Gasteiger partial charge on any atom is -0.351 e. The van der Waals surface area contributed by atoms with Gasteiger partial charge in [0.05, 0.1) is 12.2 Å². The lowest BCUT2D eigenvalue weighted by molar-refractivity contribution is 0.380. The van der Waals surface area contributed by atoms with Crippen LogP contribution in [0.25, 0.3) is 4.96 Å². The Hall–Kier alpha value is -0.480. The molecule has 5 nitrogen and oxygen atoms in total. The van der Waals surface area contributed by atoms with Crippen molar-refractivity contribution in [2.75, 3.05) is 25.9 Å². The maximum Gasteiger partial charge on any atom is 0.194 e. The van der Waals surface area contributed by atoms with Gasteiger partial charge in [0.2, 0.25) is 0 Å². The summed E-state index contributed by atoms with van der Waals surface area (Å²) in [6, 6.07) is 0. The van der Waals surface area contributed by atoms with Crippen LogP contribution in [0, 0.1) is 5.92 Å². The zero-order valence-corrected chi connectivity index (χ0v) is 17.7. The smallest absolute Gasteiger partial charge is 0.194 e. The highest BCUT2D eigenvalue weighted by molar-refractivity contribution is 14.0. The van der Waals surface area contributed by atoms with Crippen LogP contribution in [0.5, 0.6) is 0 Å². The van der Waals surface area contributed by atoms with E-state index in [1.54, 1.807) is 11.3 Å². The van der Waals surface area contributed by atoms with Gasteiger partial charge in [-0.2, -0.15) is 11.8 Å². The molecule has 3 rings (SSSR count). The first-order valence-electron chi connectivity index (χ1n) is 7.65. The lowest BCUT2D eigenvalue weighted by atomic mass is 10.1. The summed E-state index contributed by atoms with van der Waals surface area (Å²) in [6.07, 6.45) is 4.12. The molecule has 0 aliphatic carbocycles. The molecule has 8 heteroatoms. The summed E-state index contributed by atoms with van der Waals surface area (Å²) < 4.78 is 2.07. The molecule has 0 radical (unpaired) electrons. The van der Waals surface area contributed by atoms with Crippen molar-refractivity contribution in [1.29, 1.82) is 0 Å². The van der Waals surface area contributed by atoms with Crippen LogP contribution in [0.15, 0.2) is 22.8 Å². The molecule has 1 atom stereocenters. The molecular weight excluding hydrogens is 441 g/mol. The van der Waals surface area contributed by atoms with E-state index in [0.29, 0.717) is 11.2 Å². The topological polar surface area (TPSA) is 44.9 Å². The van der Waals surface area contributed by atoms with Crippen molar-refractivity contribution >= 4 is 58.0 Å². The van der Waals surface area contributed by atoms with E-state index in [-0.39, 0.29) is 24.0 Å². The number of guanidine groups is 1. The number of thiazole rings is 1. The van der Waals surface area contributed by atoms with Gasteiger partial charge in [-0.1, -0.05) is 13.8 Å². The van der Waals surface area contributed by atoms with Crippen LogP contribution in [0.2, 0.25) is 0 Å². The summed E-state index contributed by atoms with van der Waals surface area (Å²) in [5.74, 6) is 2.86. The van der Waals surface area contributed by atoms with Crippen LogP contribution < -0.4 is 5.32 Å². The van der Waals surface area contributed by atoms with Crippen LogP contribution in [-0.4, -0.2) is 51.4 Å². The predicted octanol–water partition coefficient (Wildman–Crippen LogP) is 3.16. The van der Waals surface area contributed by atoms with Gasteiger partial charge < -0.3 is 10.2 Å². The average Bonchev–Trinajstić information content (AvgIpc) is 3.09. The van der Waals surface area contributed by atoms with E-state index in [4.69, 9.17) is 0 Å². The molecule has 1 saturated heterocycles. The zero-order chi connectivity index (χ0) is 15.5. The Morgan fingerprint density at radius 2 is 2.35 bits per heavy atom. The second kappa shape index (κ2) is 8.57. The van der Waals surface area contributed by atoms with Gasteiger partial charge in [0.15, 0.2) is 10.9 Å². The van der Waals surface area contributed by atoms with Crippen molar-refractivity contribution in [2.45, 2.75) is 25.6 Å². The predicted molar refractivity (Wildman–Crippen MR) is 111 cm³/mol. The quantitative estimate of drug-likeness (QED) is 0.430. The summed E-state index contributed by atoms with van der Waals surface area (Å²) in [5.41, 5.74) is 1.06. The van der Waals surface area contributed by atoms with Gasteiger partial charge in [-0.15, -0.1) is 35.3 Å². The molecule has 1 aliphatic rings. The summed E-state index contributed by atoms with van der Waals surface area (Å²) in [5, 5.41) is 6.20. The van der Waals surface area contributed by atoms with E-state index in [1.165, 1.54) is 5.75 Å². The number of nitrogens with zero attached hydrogens (tertiary/aromatic N) is 4. The molecule has 23 heavy (non-hydrogen) atoms. The molecule has 1 aliphatic heterocycles. The van der Waals surface area contributed by atoms with Crippen LogP contribution in [-0.2, 0) is 6.54 Å². The third-order valence-corrected chi connectivity index (χ3v) is 6.23. The molecular formula is C15H24IN5S2. The van der Waals surface area contributed by atoms with Crippen molar-refractivity contribution in [3.8, 4) is 0 Å². The normalized spacial score (nSPS) is 19.2. The van der Waals surface area contributed by atoms with Gasteiger partial charge >= 0.3 is 0 Å². The number of aliphatic imine (C=N–C) groups is 1. The van der Waals surface area contributed by atoms with Crippen molar-refractivity contribution < 1.29 is 0 Å². The minimum atomic E-state index is 0. The Kier molecular flexibility index (Phi) is 7.02. The summed E-state index contributed by atoms with van der Waals surface area (Å²) >= 11 is 3.74. The van der Waals surface area contributed by atoms with E-state index >= 15 is 0 Å². The number of hydrogen-bond acceptors (Lipinski definition) is 4. The molecule has 0 spiro atoms. The van der Waals surface area contributed by atoms with Crippen molar-refractivity contribution in [1.82, 2.24) is 19.6 Å². The number of rotatable bonds is 3. The van der Waals surface area contributed by atoms with E-state index in [1.807, 2.05) is 13.2 Å². The molecule has 0 saturated carbocycles. The monoisotopic (exact) mass is 465 g/mol. The lowest BCUT2D eigenvalue weighted by Gasteiger charge is -2.36. The molecule has 2 aromatic rings. The first kappa shape index (κ1) is 18.9. The first-order valence-corrected chi connectivity index (χ1v) is 9.58. The highest BCUT2D eigenvalue weighted by Gasteiger charge is 2.24. The first-order chi connectivity index (χ1) is 10.7.